The van der Waals surface area contributed by atoms with Gasteiger partial charge in [0.1, 0.15) is 12.4 Å². The average molecular weight is 336 g/mol. The van der Waals surface area contributed by atoms with Crippen molar-refractivity contribution in [1.29, 1.82) is 0 Å². The lowest BCUT2D eigenvalue weighted by atomic mass is 10.2. The molecule has 2 aromatic rings. The van der Waals surface area contributed by atoms with Crippen molar-refractivity contribution in [3.63, 3.8) is 0 Å². The minimum Gasteiger partial charge on any atom is -0.458 e. The summed E-state index contributed by atoms with van der Waals surface area (Å²) < 4.78 is 45.0. The van der Waals surface area contributed by atoms with E-state index < -0.39 is 12.3 Å². The second-order valence-corrected chi connectivity index (χ2v) is 5.04. The van der Waals surface area contributed by atoms with Crippen molar-refractivity contribution in [2.45, 2.75) is 19.9 Å². The molecule has 126 valence electrons. The fourth-order valence-corrected chi connectivity index (χ4v) is 1.83. The van der Waals surface area contributed by atoms with E-state index in [1.54, 1.807) is 0 Å². The number of carbonyl (C=O) groups is 1. The predicted octanol–water partition coefficient (Wildman–Crippen LogP) is 4.65. The van der Waals surface area contributed by atoms with E-state index in [2.05, 4.69) is 4.74 Å². The molecule has 0 saturated carbocycles. The summed E-state index contributed by atoms with van der Waals surface area (Å²) in [5.41, 5.74) is 2.54. The number of hydrogen-bond donors (Lipinski definition) is 0. The Balaban J connectivity index is 1.85. The molecule has 0 aliphatic rings. The van der Waals surface area contributed by atoms with Crippen molar-refractivity contribution in [3.05, 3.63) is 71.3 Å². The highest BCUT2D eigenvalue weighted by Gasteiger charge is 2.30. The highest BCUT2D eigenvalue weighted by molar-refractivity contribution is 5.87. The van der Waals surface area contributed by atoms with Crippen LogP contribution in [0.4, 0.5) is 13.2 Å². The molecule has 0 amide bonds. The molecule has 0 heterocycles. The summed E-state index contributed by atoms with van der Waals surface area (Å²) >= 11 is 0. The summed E-state index contributed by atoms with van der Waals surface area (Å²) in [6, 6.07) is 12.7. The lowest BCUT2D eigenvalue weighted by Gasteiger charge is -2.08. The van der Waals surface area contributed by atoms with E-state index in [9.17, 15) is 18.0 Å². The number of benzene rings is 2. The van der Waals surface area contributed by atoms with E-state index in [0.29, 0.717) is 5.56 Å². The third-order valence-corrected chi connectivity index (χ3v) is 3.03. The molecule has 0 N–H and O–H groups in total. The quantitative estimate of drug-likeness (QED) is 0.589. The van der Waals surface area contributed by atoms with Gasteiger partial charge in [-0.1, -0.05) is 42.0 Å². The van der Waals surface area contributed by atoms with Gasteiger partial charge in [-0.25, -0.2) is 4.79 Å². The first kappa shape index (κ1) is 17.6. The zero-order chi connectivity index (χ0) is 17.6. The second-order valence-electron chi connectivity index (χ2n) is 5.04. The topological polar surface area (TPSA) is 35.5 Å². The Hall–Kier alpha value is -2.76. The normalized spacial score (nSPS) is 11.5. The van der Waals surface area contributed by atoms with Crippen molar-refractivity contribution in [2.75, 3.05) is 0 Å². The van der Waals surface area contributed by atoms with Gasteiger partial charge in [0.25, 0.3) is 0 Å². The second kappa shape index (κ2) is 7.68. The van der Waals surface area contributed by atoms with Crippen LogP contribution in [0, 0.1) is 6.92 Å². The summed E-state index contributed by atoms with van der Waals surface area (Å²) in [5.74, 6) is -0.854. The molecule has 6 heteroatoms. The van der Waals surface area contributed by atoms with Gasteiger partial charge >= 0.3 is 12.3 Å². The third kappa shape index (κ3) is 6.16. The standard InChI is InChI=1S/C18H15F3O3/c1-13-2-4-15(5-3-13)12-23-17(22)11-8-14-6-9-16(10-7-14)24-18(19,20)21/h2-11H,12H2,1H3/b11-8+. The largest absolute Gasteiger partial charge is 0.573 e. The number of rotatable bonds is 5. The maximum Gasteiger partial charge on any atom is 0.573 e. The summed E-state index contributed by atoms with van der Waals surface area (Å²) in [7, 11) is 0. The Kier molecular flexibility index (Phi) is 5.63. The molecule has 0 bridgehead atoms. The minimum absolute atomic E-state index is 0.155. The fraction of sp³-hybridized carbons (Fsp3) is 0.167. The smallest absolute Gasteiger partial charge is 0.458 e. The van der Waals surface area contributed by atoms with Gasteiger partial charge in [0.2, 0.25) is 0 Å². The Bertz CT molecular complexity index is 702. The molecular formula is C18H15F3O3. The van der Waals surface area contributed by atoms with Gasteiger partial charge in [-0.05, 0) is 36.3 Å². The molecule has 0 atom stereocenters. The predicted molar refractivity (Wildman–Crippen MR) is 83.1 cm³/mol. The molecule has 24 heavy (non-hydrogen) atoms. The lowest BCUT2D eigenvalue weighted by molar-refractivity contribution is -0.274. The van der Waals surface area contributed by atoms with Crippen LogP contribution in [0.15, 0.2) is 54.6 Å². The molecule has 0 spiro atoms. The van der Waals surface area contributed by atoms with E-state index >= 15 is 0 Å². The zero-order valence-corrected chi connectivity index (χ0v) is 12.8. The number of carbonyl (C=O) groups excluding carboxylic acids is 1. The summed E-state index contributed by atoms with van der Waals surface area (Å²) in [6.07, 6.45) is -2.06. The Morgan fingerprint density at radius 2 is 1.67 bits per heavy atom. The van der Waals surface area contributed by atoms with E-state index in [1.807, 2.05) is 31.2 Å². The molecule has 0 aliphatic carbocycles. The molecular weight excluding hydrogens is 321 g/mol. The van der Waals surface area contributed by atoms with Gasteiger partial charge in [0.05, 0.1) is 0 Å². The van der Waals surface area contributed by atoms with Crippen molar-refractivity contribution < 1.29 is 27.4 Å². The van der Waals surface area contributed by atoms with Crippen LogP contribution in [-0.4, -0.2) is 12.3 Å². The lowest BCUT2D eigenvalue weighted by Crippen LogP contribution is -2.16. The van der Waals surface area contributed by atoms with Gasteiger partial charge in [0.15, 0.2) is 0 Å². The van der Waals surface area contributed by atoms with Gasteiger partial charge in [-0.15, -0.1) is 13.2 Å². The van der Waals surface area contributed by atoms with Gasteiger partial charge in [0, 0.05) is 6.08 Å². The van der Waals surface area contributed by atoms with Gasteiger partial charge < -0.3 is 9.47 Å². The Morgan fingerprint density at radius 3 is 2.25 bits per heavy atom. The average Bonchev–Trinajstić information content (AvgIpc) is 2.52. The van der Waals surface area contributed by atoms with Gasteiger partial charge in [-0.2, -0.15) is 0 Å². The first-order chi connectivity index (χ1) is 11.3. The zero-order valence-electron chi connectivity index (χ0n) is 12.8. The van der Waals surface area contributed by atoms with E-state index in [1.165, 1.54) is 36.4 Å². The number of hydrogen-bond acceptors (Lipinski definition) is 3. The molecule has 0 aromatic heterocycles. The van der Waals surface area contributed by atoms with Crippen LogP contribution in [0.5, 0.6) is 5.75 Å². The summed E-state index contributed by atoms with van der Waals surface area (Å²) in [4.78, 5) is 11.6. The number of alkyl halides is 3. The SMILES string of the molecule is Cc1ccc(COC(=O)/C=C/c2ccc(OC(F)(F)F)cc2)cc1. The Morgan fingerprint density at radius 1 is 1.04 bits per heavy atom. The Labute approximate surface area is 137 Å². The molecule has 0 saturated heterocycles. The maximum absolute atomic E-state index is 12.0. The van der Waals surface area contributed by atoms with Crippen molar-refractivity contribution in [1.82, 2.24) is 0 Å². The molecule has 0 aliphatic heterocycles. The fourth-order valence-electron chi connectivity index (χ4n) is 1.83. The molecule has 2 rings (SSSR count). The molecule has 2 aromatic carbocycles. The number of aryl methyl sites for hydroxylation is 1. The molecule has 0 unspecified atom stereocenters. The van der Waals surface area contributed by atoms with Gasteiger partial charge in [-0.3, -0.25) is 0 Å². The van der Waals surface area contributed by atoms with Crippen LogP contribution in [0.2, 0.25) is 0 Å². The highest BCUT2D eigenvalue weighted by atomic mass is 19.4. The number of esters is 1. The monoisotopic (exact) mass is 336 g/mol. The number of halogens is 3. The third-order valence-electron chi connectivity index (χ3n) is 3.03. The van der Waals surface area contributed by atoms with E-state index in [0.717, 1.165) is 11.1 Å². The first-order valence-electron chi connectivity index (χ1n) is 7.08. The van der Waals surface area contributed by atoms with Crippen LogP contribution in [-0.2, 0) is 16.1 Å². The van der Waals surface area contributed by atoms with Crippen LogP contribution in [0.3, 0.4) is 0 Å². The summed E-state index contributed by atoms with van der Waals surface area (Å²) in [5, 5.41) is 0. The van der Waals surface area contributed by atoms with Crippen LogP contribution in [0.25, 0.3) is 6.08 Å². The molecule has 0 radical (unpaired) electrons. The first-order valence-corrected chi connectivity index (χ1v) is 7.08. The van der Waals surface area contributed by atoms with Crippen LogP contribution < -0.4 is 4.74 Å². The van der Waals surface area contributed by atoms with Crippen molar-refractivity contribution >= 4 is 12.0 Å². The minimum atomic E-state index is -4.73. The van der Waals surface area contributed by atoms with Crippen LogP contribution in [0.1, 0.15) is 16.7 Å². The summed E-state index contributed by atoms with van der Waals surface area (Å²) in [6.45, 7) is 2.12. The molecule has 0 fully saturated rings. The van der Waals surface area contributed by atoms with Crippen molar-refractivity contribution in [3.8, 4) is 5.75 Å². The van der Waals surface area contributed by atoms with Crippen LogP contribution >= 0.6 is 0 Å². The number of ether oxygens (including phenoxy) is 2. The van der Waals surface area contributed by atoms with Crippen molar-refractivity contribution in [2.24, 2.45) is 0 Å². The van der Waals surface area contributed by atoms with E-state index in [-0.39, 0.29) is 12.4 Å². The van der Waals surface area contributed by atoms with E-state index in [4.69, 9.17) is 4.74 Å². The maximum atomic E-state index is 12.0. The molecule has 3 nitrogen and oxygen atoms in total. The highest BCUT2D eigenvalue weighted by Crippen LogP contribution is 2.23.